The number of ether oxygens (including phenoxy) is 1. The summed E-state index contributed by atoms with van der Waals surface area (Å²) >= 11 is 1.13. The van der Waals surface area contributed by atoms with E-state index in [0.717, 1.165) is 11.8 Å². The molecular weight excluding hydrogens is 206 g/mol. The van der Waals surface area contributed by atoms with Gasteiger partial charge < -0.3 is 9.84 Å². The maximum absolute atomic E-state index is 11.6. The number of hydrogen-bond acceptors (Lipinski definition) is 5. The Morgan fingerprint density at radius 2 is 2.71 bits per heavy atom. The first kappa shape index (κ1) is 5.75. The minimum atomic E-state index is -3.13. The minimum absolute atomic E-state index is 0.118. The Hall–Kier alpha value is -1.04. The van der Waals surface area contributed by atoms with Gasteiger partial charge in [0.15, 0.2) is 6.04 Å². The molecule has 0 saturated heterocycles. The molecule has 0 aromatic carbocycles. The van der Waals surface area contributed by atoms with Crippen LogP contribution in [0.15, 0.2) is 4.99 Å². The molecule has 1 heterocycles. The Morgan fingerprint density at radius 3 is 3.36 bits per heavy atom. The van der Waals surface area contributed by atoms with E-state index in [0.29, 0.717) is 0 Å². The molecule has 6 heteroatoms. The van der Waals surface area contributed by atoms with Crippen molar-refractivity contribution in [2.24, 2.45) is 4.99 Å². The van der Waals surface area contributed by atoms with Crippen LogP contribution in [0.3, 0.4) is 0 Å². The van der Waals surface area contributed by atoms with Crippen LogP contribution in [0.5, 0.6) is 0 Å². The van der Waals surface area contributed by atoms with Gasteiger partial charge in [0, 0.05) is 15.6 Å². The maximum Gasteiger partial charge on any atom is 0.350 e. The fraction of sp³-hybridized carbons (Fsp3) is 0.625. The molecule has 5 nitrogen and oxygen atoms in total. The molecule has 1 rings (SSSR count). The Labute approximate surface area is 92.6 Å². The molecule has 1 N–H and O–H groups in total. The number of aliphatic imine (C=N–C) groups is 1. The van der Waals surface area contributed by atoms with Gasteiger partial charge in [-0.15, -0.1) is 0 Å². The zero-order chi connectivity index (χ0) is 14.8. The second-order valence-electron chi connectivity index (χ2n) is 2.44. The highest BCUT2D eigenvalue weighted by Gasteiger charge is 2.25. The lowest BCUT2D eigenvalue weighted by Crippen LogP contribution is -2.32. The van der Waals surface area contributed by atoms with Crippen LogP contribution in [0.25, 0.3) is 0 Å². The number of carbonyl (C=O) groups excluding carboxylic acids is 1. The lowest BCUT2D eigenvalue weighted by molar-refractivity contribution is -0.143. The third-order valence-electron chi connectivity index (χ3n) is 1.50. The van der Waals surface area contributed by atoms with Gasteiger partial charge in [-0.3, -0.25) is 4.99 Å². The average molecular weight is 222 g/mol. The Morgan fingerprint density at radius 1 is 1.93 bits per heavy atom. The molecular formula is C8H11NO4S. The third kappa shape index (κ3) is 2.73. The molecule has 0 aromatic rings. The molecule has 78 valence electrons. The number of nitrogens with zero attached hydrogens (tertiary/aromatic N) is 1. The quantitative estimate of drug-likeness (QED) is 0.690. The fourth-order valence-corrected chi connectivity index (χ4v) is 1.83. The summed E-state index contributed by atoms with van der Waals surface area (Å²) in [5, 5.41) is 8.74. The van der Waals surface area contributed by atoms with Crippen molar-refractivity contribution in [3.63, 3.8) is 0 Å². The van der Waals surface area contributed by atoms with Crippen LogP contribution in [-0.2, 0) is 14.3 Å². The number of aliphatic carboxylic acids is 1. The molecule has 1 atom stereocenters. The number of carboxylic acid groups (broad SMARTS) is 1. The molecule has 0 fully saturated rings. The summed E-state index contributed by atoms with van der Waals surface area (Å²) in [5.41, 5.74) is -0.229. The van der Waals surface area contributed by atoms with Crippen molar-refractivity contribution in [3.8, 4) is 0 Å². The molecule has 0 unspecified atom stereocenters. The van der Waals surface area contributed by atoms with Crippen LogP contribution in [-0.4, -0.2) is 46.9 Å². The highest BCUT2D eigenvalue weighted by Crippen LogP contribution is 2.14. The number of rotatable bonds is 3. The topological polar surface area (TPSA) is 76.0 Å². The smallest absolute Gasteiger partial charge is 0.350 e. The second kappa shape index (κ2) is 4.99. The van der Waals surface area contributed by atoms with Gasteiger partial charge in [-0.2, -0.15) is 11.8 Å². The number of thioether (sulfide) groups is 1. The summed E-state index contributed by atoms with van der Waals surface area (Å²) in [5.74, 6) is -2.21. The Kier molecular flexibility index (Phi) is 2.05. The van der Waals surface area contributed by atoms with Gasteiger partial charge in [0.25, 0.3) is 0 Å². The molecule has 1 aliphatic rings. The van der Waals surface area contributed by atoms with Gasteiger partial charge in [-0.25, -0.2) is 9.59 Å². The largest absolute Gasteiger partial charge is 0.477 e. The molecule has 0 saturated carbocycles. The van der Waals surface area contributed by atoms with Gasteiger partial charge >= 0.3 is 11.9 Å². The number of carbonyl (C=O) groups is 2. The predicted molar refractivity (Wildman–Crippen MR) is 52.8 cm³/mol. The zero-order valence-corrected chi connectivity index (χ0v) is 7.84. The number of carboxylic acids is 1. The van der Waals surface area contributed by atoms with Gasteiger partial charge in [0.2, 0.25) is 0 Å². The summed E-state index contributed by atoms with van der Waals surface area (Å²) in [4.78, 5) is 25.9. The molecule has 1 aliphatic heterocycles. The summed E-state index contributed by atoms with van der Waals surface area (Å²) in [6, 6.07) is -1.21. The standard InChI is InChI=1S/C8H11NO4S/c1-2-13-8(12)6-4-14-3-5(9-6)7(10)11/h6H,2-4H2,1H3,(H,10,11)/t6-/m0/s1/i1D3,2D2. The second-order valence-corrected chi connectivity index (χ2v) is 3.47. The zero-order valence-electron chi connectivity index (χ0n) is 12.0. The van der Waals surface area contributed by atoms with Gasteiger partial charge in [0.05, 0.1) is 9.30 Å². The van der Waals surface area contributed by atoms with E-state index in [1.807, 2.05) is 0 Å². The lowest BCUT2D eigenvalue weighted by Gasteiger charge is -2.16. The van der Waals surface area contributed by atoms with E-state index in [2.05, 4.69) is 9.73 Å². The van der Waals surface area contributed by atoms with Crippen molar-refractivity contribution < 1.29 is 26.3 Å². The monoisotopic (exact) mass is 222 g/mol. The van der Waals surface area contributed by atoms with Gasteiger partial charge in [-0.05, 0) is 6.85 Å². The summed E-state index contributed by atoms with van der Waals surface area (Å²) < 4.78 is 39.3. The lowest BCUT2D eigenvalue weighted by atomic mass is 10.3. The Balaban J connectivity index is 2.79. The number of esters is 1. The summed E-state index contributed by atoms with van der Waals surface area (Å²) in [7, 11) is 0. The first-order valence-electron chi connectivity index (χ1n) is 6.15. The molecule has 0 bridgehead atoms. The van der Waals surface area contributed by atoms with Crippen molar-refractivity contribution in [1.29, 1.82) is 0 Å². The molecule has 0 amide bonds. The Bertz CT molecular complexity index is 422. The summed E-state index contributed by atoms with van der Waals surface area (Å²) in [6.07, 6.45) is 0. The van der Waals surface area contributed by atoms with E-state index >= 15 is 0 Å². The molecule has 0 spiro atoms. The van der Waals surface area contributed by atoms with Crippen LogP contribution in [0.4, 0.5) is 0 Å². The SMILES string of the molecule is [2H]C([2H])([2H])C([2H])([2H])OC(=O)[C@@H]1CSCC(C(=O)O)=N1. The van der Waals surface area contributed by atoms with Crippen molar-refractivity contribution in [2.45, 2.75) is 12.9 Å². The fourth-order valence-electron chi connectivity index (χ4n) is 0.886. The van der Waals surface area contributed by atoms with E-state index in [-0.39, 0.29) is 17.2 Å². The molecule has 14 heavy (non-hydrogen) atoms. The molecule has 0 aromatic heterocycles. The minimum Gasteiger partial charge on any atom is -0.477 e. The van der Waals surface area contributed by atoms with Crippen molar-refractivity contribution in [3.05, 3.63) is 0 Å². The van der Waals surface area contributed by atoms with E-state index in [1.54, 1.807) is 0 Å². The normalized spacial score (nSPS) is 28.4. The van der Waals surface area contributed by atoms with Gasteiger partial charge in [0.1, 0.15) is 5.71 Å². The van der Waals surface area contributed by atoms with E-state index in [4.69, 9.17) is 12.0 Å². The molecule has 0 radical (unpaired) electrons. The van der Waals surface area contributed by atoms with Crippen molar-refractivity contribution in [2.75, 3.05) is 18.1 Å². The van der Waals surface area contributed by atoms with Crippen LogP contribution in [0, 0.1) is 0 Å². The van der Waals surface area contributed by atoms with Crippen LogP contribution in [0.1, 0.15) is 13.7 Å². The molecule has 0 aliphatic carbocycles. The highest BCUT2D eigenvalue weighted by molar-refractivity contribution is 8.00. The maximum atomic E-state index is 11.6. The van der Waals surface area contributed by atoms with Gasteiger partial charge in [-0.1, -0.05) is 0 Å². The van der Waals surface area contributed by atoms with Crippen molar-refractivity contribution >= 4 is 29.4 Å². The highest BCUT2D eigenvalue weighted by atomic mass is 32.2. The third-order valence-corrected chi connectivity index (χ3v) is 2.53. The first-order chi connectivity index (χ1) is 8.54. The van der Waals surface area contributed by atoms with Crippen LogP contribution < -0.4 is 0 Å². The first-order valence-corrected chi connectivity index (χ1v) is 4.80. The van der Waals surface area contributed by atoms with Crippen LogP contribution in [0.2, 0.25) is 0 Å². The van der Waals surface area contributed by atoms with E-state index in [9.17, 15) is 9.59 Å². The number of hydrogen-bond donors (Lipinski definition) is 1. The van der Waals surface area contributed by atoms with Crippen molar-refractivity contribution in [1.82, 2.24) is 0 Å². The summed E-state index contributed by atoms with van der Waals surface area (Å²) in [6.45, 7) is -6.26. The predicted octanol–water partition coefficient (Wildman–Crippen LogP) is 0.190. The average Bonchev–Trinajstić information content (AvgIpc) is 2.27. The van der Waals surface area contributed by atoms with E-state index in [1.165, 1.54) is 0 Å². The van der Waals surface area contributed by atoms with Crippen LogP contribution >= 0.6 is 11.8 Å². The van der Waals surface area contributed by atoms with E-state index < -0.39 is 31.4 Å².